The minimum atomic E-state index is -0.159. The van der Waals surface area contributed by atoms with Crippen LogP contribution in [0.4, 0.5) is 28.4 Å². The SMILES string of the molecule is Cc1cc2c(cc1N1c3c(ccc4ccccc34)B3c4c(cc5c(oc6ccccc65)c41)-c1cc4ccccc4cc1N3c1ccc(-c3ccccc3)cc1)C(C)(C)CCC2(C)C. The van der Waals surface area contributed by atoms with E-state index >= 15 is 0 Å². The number of furan rings is 1. The normalized spacial score (nSPS) is 15.7. The van der Waals surface area contributed by atoms with E-state index in [4.69, 9.17) is 4.42 Å². The standard InChI is InChI=1S/C59H47BN2O/c1-36-31-48-49(59(4,5)30-29-58(48,2)3)35-51(36)61-55-43-20-12-11-17-39(43)25-28-50(55)60-54-46(34-47-44-21-13-14-22-53(44)63-57(47)56(54)61)45-32-40-18-9-10-19-41(40)33-52(45)62(60)42-26-23-38(24-27-42)37-15-7-6-8-16-37/h6-28,31-35H,29-30H2,1-5H3. The molecule has 63 heavy (non-hydrogen) atoms. The van der Waals surface area contributed by atoms with Gasteiger partial charge in [0.1, 0.15) is 5.58 Å². The number of anilines is 5. The lowest BCUT2D eigenvalue weighted by atomic mass is 9.43. The number of fused-ring (bicyclic) bond motifs is 12. The number of rotatable bonds is 3. The summed E-state index contributed by atoms with van der Waals surface area (Å²) in [6.07, 6.45) is 2.32. The van der Waals surface area contributed by atoms with E-state index in [2.05, 4.69) is 214 Å². The van der Waals surface area contributed by atoms with E-state index in [1.54, 1.807) is 0 Å². The van der Waals surface area contributed by atoms with E-state index in [1.165, 1.54) is 94.9 Å². The highest BCUT2D eigenvalue weighted by Crippen LogP contribution is 2.55. The van der Waals surface area contributed by atoms with Gasteiger partial charge in [0.05, 0.1) is 11.4 Å². The molecule has 0 spiro atoms. The first-order valence-corrected chi connectivity index (χ1v) is 22.6. The van der Waals surface area contributed by atoms with E-state index in [9.17, 15) is 0 Å². The summed E-state index contributed by atoms with van der Waals surface area (Å²) < 4.78 is 7.23. The van der Waals surface area contributed by atoms with Crippen LogP contribution in [0.15, 0.2) is 174 Å². The molecule has 0 radical (unpaired) electrons. The average Bonchev–Trinajstić information content (AvgIpc) is 3.69. The summed E-state index contributed by atoms with van der Waals surface area (Å²) in [6, 6.07) is 63.5. The molecule has 9 aromatic carbocycles. The first kappa shape index (κ1) is 36.6. The summed E-state index contributed by atoms with van der Waals surface area (Å²) in [7, 11) is 0. The van der Waals surface area contributed by atoms with Crippen LogP contribution in [-0.4, -0.2) is 6.85 Å². The Hall–Kier alpha value is -7.04. The lowest BCUT2D eigenvalue weighted by Crippen LogP contribution is -2.61. The molecule has 302 valence electrons. The van der Waals surface area contributed by atoms with E-state index in [1.807, 2.05) is 0 Å². The van der Waals surface area contributed by atoms with E-state index in [-0.39, 0.29) is 17.7 Å². The van der Waals surface area contributed by atoms with Gasteiger partial charge in [0.15, 0.2) is 5.58 Å². The second kappa shape index (κ2) is 13.0. The van der Waals surface area contributed by atoms with Crippen molar-refractivity contribution in [2.45, 2.75) is 58.3 Å². The molecule has 1 aliphatic carbocycles. The highest BCUT2D eigenvalue weighted by Gasteiger charge is 2.48. The first-order valence-electron chi connectivity index (χ1n) is 22.6. The van der Waals surface area contributed by atoms with Gasteiger partial charge in [0, 0.05) is 38.8 Å². The number of benzene rings is 9. The van der Waals surface area contributed by atoms with Gasteiger partial charge in [-0.05, 0) is 134 Å². The third-order valence-electron chi connectivity index (χ3n) is 15.0. The number of hydrogen-bond donors (Lipinski definition) is 0. The van der Waals surface area contributed by atoms with Gasteiger partial charge in [-0.2, -0.15) is 0 Å². The van der Waals surface area contributed by atoms with Gasteiger partial charge >= 0.3 is 6.85 Å². The zero-order valence-electron chi connectivity index (χ0n) is 36.5. The molecule has 4 heteroatoms. The fourth-order valence-corrected chi connectivity index (χ4v) is 11.6. The summed E-state index contributed by atoms with van der Waals surface area (Å²) in [5.41, 5.74) is 19.5. The van der Waals surface area contributed by atoms with E-state index < -0.39 is 0 Å². The van der Waals surface area contributed by atoms with Crippen LogP contribution < -0.4 is 20.6 Å². The maximum atomic E-state index is 7.23. The third-order valence-corrected chi connectivity index (χ3v) is 15.0. The lowest BCUT2D eigenvalue weighted by molar-refractivity contribution is 0.332. The van der Waals surface area contributed by atoms with Gasteiger partial charge in [-0.25, -0.2) is 0 Å². The zero-order valence-corrected chi connectivity index (χ0v) is 36.5. The molecule has 0 saturated carbocycles. The molecule has 2 aliphatic heterocycles. The molecule has 0 atom stereocenters. The minimum absolute atomic E-state index is 0.0285. The second-order valence-corrected chi connectivity index (χ2v) is 19.6. The summed E-state index contributed by atoms with van der Waals surface area (Å²) in [5.74, 6) is 0. The van der Waals surface area contributed by atoms with Crippen LogP contribution in [0.5, 0.6) is 0 Å². The van der Waals surface area contributed by atoms with Gasteiger partial charge in [-0.1, -0.05) is 155 Å². The van der Waals surface area contributed by atoms with Crippen LogP contribution in [0.3, 0.4) is 0 Å². The van der Waals surface area contributed by atoms with Crippen molar-refractivity contribution in [3.63, 3.8) is 0 Å². The fraction of sp³-hybridized carbons (Fsp3) is 0.153. The molecule has 1 aromatic heterocycles. The molecular formula is C59H47BN2O. The van der Waals surface area contributed by atoms with E-state index in [0.717, 1.165) is 39.7 Å². The molecule has 3 heterocycles. The van der Waals surface area contributed by atoms with Crippen molar-refractivity contribution in [3.8, 4) is 22.3 Å². The van der Waals surface area contributed by atoms with Crippen molar-refractivity contribution in [3.05, 3.63) is 187 Å². The molecule has 3 nitrogen and oxygen atoms in total. The van der Waals surface area contributed by atoms with Crippen molar-refractivity contribution in [2.24, 2.45) is 0 Å². The Morgan fingerprint density at radius 3 is 1.90 bits per heavy atom. The summed E-state index contributed by atoms with van der Waals surface area (Å²) in [4.78, 5) is 5.26. The van der Waals surface area contributed by atoms with Crippen LogP contribution in [0.2, 0.25) is 0 Å². The third kappa shape index (κ3) is 5.21. The zero-order chi connectivity index (χ0) is 42.4. The topological polar surface area (TPSA) is 19.6 Å². The molecule has 0 fully saturated rings. The van der Waals surface area contributed by atoms with E-state index in [0.29, 0.717) is 0 Å². The van der Waals surface area contributed by atoms with Gasteiger partial charge in [0.2, 0.25) is 0 Å². The molecule has 0 amide bonds. The van der Waals surface area contributed by atoms with Crippen molar-refractivity contribution >= 4 is 89.7 Å². The number of para-hydroxylation sites is 1. The Morgan fingerprint density at radius 2 is 1.14 bits per heavy atom. The Morgan fingerprint density at radius 1 is 0.508 bits per heavy atom. The Bertz CT molecular complexity index is 3540. The van der Waals surface area contributed by atoms with Crippen molar-refractivity contribution < 1.29 is 4.42 Å². The summed E-state index contributed by atoms with van der Waals surface area (Å²) in [6.45, 7) is 11.9. The minimum Gasteiger partial charge on any atom is -0.454 e. The van der Waals surface area contributed by atoms with Crippen LogP contribution in [0.1, 0.15) is 57.2 Å². The predicted molar refractivity (Wildman–Crippen MR) is 268 cm³/mol. The molecule has 0 N–H and O–H groups in total. The Labute approximate surface area is 369 Å². The summed E-state index contributed by atoms with van der Waals surface area (Å²) in [5, 5.41) is 7.19. The molecule has 0 saturated heterocycles. The van der Waals surface area contributed by atoms with Gasteiger partial charge < -0.3 is 14.1 Å². The first-order chi connectivity index (χ1) is 30.6. The lowest BCUT2D eigenvalue weighted by Gasteiger charge is -2.47. The maximum absolute atomic E-state index is 7.23. The van der Waals surface area contributed by atoms with Crippen LogP contribution >= 0.6 is 0 Å². The molecule has 13 rings (SSSR count). The number of aryl methyl sites for hydroxylation is 1. The quantitative estimate of drug-likeness (QED) is 0.166. The monoisotopic (exact) mass is 810 g/mol. The van der Waals surface area contributed by atoms with Gasteiger partial charge in [-0.3, -0.25) is 0 Å². The van der Waals surface area contributed by atoms with Crippen molar-refractivity contribution in [1.82, 2.24) is 0 Å². The number of hydrogen-bond acceptors (Lipinski definition) is 3. The highest BCUT2D eigenvalue weighted by molar-refractivity contribution is 6.94. The smallest absolute Gasteiger partial charge is 0.333 e. The highest BCUT2D eigenvalue weighted by atomic mass is 16.3. The average molecular weight is 811 g/mol. The number of nitrogens with zero attached hydrogens (tertiary/aromatic N) is 2. The fourth-order valence-electron chi connectivity index (χ4n) is 11.6. The molecule has 0 unspecified atom stereocenters. The molecule has 0 bridgehead atoms. The largest absolute Gasteiger partial charge is 0.454 e. The van der Waals surface area contributed by atoms with Gasteiger partial charge in [-0.15, -0.1) is 0 Å². The Kier molecular flexibility index (Phi) is 7.55. The molecular weight excluding hydrogens is 763 g/mol. The molecule has 10 aromatic rings. The molecule has 3 aliphatic rings. The van der Waals surface area contributed by atoms with Crippen LogP contribution in [-0.2, 0) is 10.8 Å². The Balaban J connectivity index is 1.20. The van der Waals surface area contributed by atoms with Crippen molar-refractivity contribution in [1.29, 1.82) is 0 Å². The summed E-state index contributed by atoms with van der Waals surface area (Å²) >= 11 is 0. The van der Waals surface area contributed by atoms with Crippen LogP contribution in [0.25, 0.3) is 65.7 Å². The van der Waals surface area contributed by atoms with Gasteiger partial charge in [0.25, 0.3) is 0 Å². The van der Waals surface area contributed by atoms with Crippen molar-refractivity contribution in [2.75, 3.05) is 9.71 Å². The predicted octanol–water partition coefficient (Wildman–Crippen LogP) is 14.9. The van der Waals surface area contributed by atoms with Crippen LogP contribution in [0, 0.1) is 6.92 Å². The maximum Gasteiger partial charge on any atom is 0.333 e. The second-order valence-electron chi connectivity index (χ2n) is 19.6.